The molecule has 76 valence electrons. The molecule has 1 aromatic rings. The van der Waals surface area contributed by atoms with Crippen LogP contribution in [-0.2, 0) is 4.79 Å². The predicted molar refractivity (Wildman–Crippen MR) is 55.9 cm³/mol. The minimum Gasteiger partial charge on any atom is -0.330 e. The Bertz CT molecular complexity index is 287. The molecule has 0 fully saturated rings. The van der Waals surface area contributed by atoms with Crippen LogP contribution in [0.1, 0.15) is 12.8 Å². The topological polar surface area (TPSA) is 59.2 Å². The van der Waals surface area contributed by atoms with Crippen LogP contribution in [-0.4, -0.2) is 24.5 Å². The van der Waals surface area contributed by atoms with E-state index in [2.05, 4.69) is 4.98 Å². The molecule has 0 saturated carbocycles. The van der Waals surface area contributed by atoms with Gasteiger partial charge in [-0.3, -0.25) is 9.78 Å². The van der Waals surface area contributed by atoms with E-state index in [0.717, 1.165) is 12.1 Å². The van der Waals surface area contributed by atoms with Crippen molar-refractivity contribution in [2.45, 2.75) is 12.8 Å². The fourth-order valence-corrected chi connectivity index (χ4v) is 1.12. The molecule has 0 atom stereocenters. The SMILES string of the molecule is CN(C(=O)CCCN)c1cccnc1. The second-order valence-corrected chi connectivity index (χ2v) is 3.06. The monoisotopic (exact) mass is 193 g/mol. The Morgan fingerprint density at radius 2 is 2.43 bits per heavy atom. The molecule has 0 bridgehead atoms. The fourth-order valence-electron chi connectivity index (χ4n) is 1.12. The van der Waals surface area contributed by atoms with Gasteiger partial charge in [0.05, 0.1) is 11.9 Å². The van der Waals surface area contributed by atoms with Crippen LogP contribution in [0.15, 0.2) is 24.5 Å². The summed E-state index contributed by atoms with van der Waals surface area (Å²) in [5.74, 6) is 0.0726. The van der Waals surface area contributed by atoms with E-state index in [1.807, 2.05) is 12.1 Å². The van der Waals surface area contributed by atoms with Crippen molar-refractivity contribution in [3.8, 4) is 0 Å². The zero-order valence-electron chi connectivity index (χ0n) is 8.31. The highest BCUT2D eigenvalue weighted by molar-refractivity contribution is 5.92. The Morgan fingerprint density at radius 3 is 3.00 bits per heavy atom. The fraction of sp³-hybridized carbons (Fsp3) is 0.400. The van der Waals surface area contributed by atoms with Crippen molar-refractivity contribution >= 4 is 11.6 Å². The number of nitrogens with zero attached hydrogens (tertiary/aromatic N) is 2. The summed E-state index contributed by atoms with van der Waals surface area (Å²) in [7, 11) is 1.75. The molecular weight excluding hydrogens is 178 g/mol. The average molecular weight is 193 g/mol. The Kier molecular flexibility index (Phi) is 4.07. The summed E-state index contributed by atoms with van der Waals surface area (Å²) in [6.45, 7) is 0.548. The molecular formula is C10H15N3O. The van der Waals surface area contributed by atoms with Gasteiger partial charge in [0.25, 0.3) is 0 Å². The van der Waals surface area contributed by atoms with Gasteiger partial charge in [-0.1, -0.05) is 0 Å². The van der Waals surface area contributed by atoms with E-state index in [-0.39, 0.29) is 5.91 Å². The van der Waals surface area contributed by atoms with Crippen molar-refractivity contribution in [1.82, 2.24) is 4.98 Å². The molecule has 0 saturated heterocycles. The molecule has 1 aromatic heterocycles. The number of nitrogens with two attached hydrogens (primary N) is 1. The summed E-state index contributed by atoms with van der Waals surface area (Å²) in [6.07, 6.45) is 4.56. The van der Waals surface area contributed by atoms with E-state index in [0.29, 0.717) is 13.0 Å². The highest BCUT2D eigenvalue weighted by atomic mass is 16.2. The zero-order chi connectivity index (χ0) is 10.4. The van der Waals surface area contributed by atoms with Crippen LogP contribution in [0, 0.1) is 0 Å². The Labute approximate surface area is 83.7 Å². The molecule has 2 N–H and O–H groups in total. The third-order valence-corrected chi connectivity index (χ3v) is 2.00. The normalized spacial score (nSPS) is 9.86. The second kappa shape index (κ2) is 5.34. The van der Waals surface area contributed by atoms with E-state index < -0.39 is 0 Å². The molecule has 0 radical (unpaired) electrons. The highest BCUT2D eigenvalue weighted by Crippen LogP contribution is 2.10. The van der Waals surface area contributed by atoms with Crippen molar-refractivity contribution in [3.05, 3.63) is 24.5 Å². The van der Waals surface area contributed by atoms with Crippen molar-refractivity contribution in [2.24, 2.45) is 5.73 Å². The Balaban J connectivity index is 2.57. The summed E-state index contributed by atoms with van der Waals surface area (Å²) in [4.78, 5) is 17.1. The van der Waals surface area contributed by atoms with Gasteiger partial charge in [0.15, 0.2) is 0 Å². The van der Waals surface area contributed by atoms with Gasteiger partial charge < -0.3 is 10.6 Å². The summed E-state index contributed by atoms with van der Waals surface area (Å²) >= 11 is 0. The van der Waals surface area contributed by atoms with Crippen molar-refractivity contribution in [1.29, 1.82) is 0 Å². The van der Waals surface area contributed by atoms with Gasteiger partial charge in [0, 0.05) is 19.7 Å². The van der Waals surface area contributed by atoms with Crippen LogP contribution < -0.4 is 10.6 Å². The number of carbonyl (C=O) groups is 1. The molecule has 14 heavy (non-hydrogen) atoms. The van der Waals surface area contributed by atoms with Crippen molar-refractivity contribution < 1.29 is 4.79 Å². The second-order valence-electron chi connectivity index (χ2n) is 3.06. The third-order valence-electron chi connectivity index (χ3n) is 2.00. The smallest absolute Gasteiger partial charge is 0.226 e. The number of amides is 1. The zero-order valence-corrected chi connectivity index (χ0v) is 8.31. The van der Waals surface area contributed by atoms with Gasteiger partial charge in [-0.15, -0.1) is 0 Å². The maximum atomic E-state index is 11.5. The van der Waals surface area contributed by atoms with Crippen LogP contribution in [0.25, 0.3) is 0 Å². The van der Waals surface area contributed by atoms with E-state index in [9.17, 15) is 4.79 Å². The molecule has 0 aliphatic rings. The quantitative estimate of drug-likeness (QED) is 0.768. The maximum Gasteiger partial charge on any atom is 0.226 e. The van der Waals surface area contributed by atoms with Crippen LogP contribution in [0.4, 0.5) is 5.69 Å². The molecule has 0 aliphatic carbocycles. The molecule has 1 rings (SSSR count). The number of pyridine rings is 1. The lowest BCUT2D eigenvalue weighted by atomic mass is 10.2. The number of hydrogen-bond donors (Lipinski definition) is 1. The number of carbonyl (C=O) groups excluding carboxylic acids is 1. The molecule has 0 aromatic carbocycles. The van der Waals surface area contributed by atoms with E-state index in [4.69, 9.17) is 5.73 Å². The molecule has 4 heteroatoms. The third kappa shape index (κ3) is 2.81. The average Bonchev–Trinajstić information content (AvgIpc) is 2.26. The van der Waals surface area contributed by atoms with Crippen molar-refractivity contribution in [2.75, 3.05) is 18.5 Å². The van der Waals surface area contributed by atoms with Gasteiger partial charge >= 0.3 is 0 Å². The first-order valence-corrected chi connectivity index (χ1v) is 4.62. The number of rotatable bonds is 4. The maximum absolute atomic E-state index is 11.5. The first-order chi connectivity index (χ1) is 6.75. The molecule has 1 heterocycles. The van der Waals surface area contributed by atoms with E-state index in [1.54, 1.807) is 24.3 Å². The standard InChI is InChI=1S/C10H15N3O/c1-13(10(14)5-2-6-11)9-4-3-7-12-8-9/h3-4,7-8H,2,5-6,11H2,1H3. The van der Waals surface area contributed by atoms with E-state index >= 15 is 0 Å². The predicted octanol–water partition coefficient (Wildman–Crippen LogP) is 0.783. The minimum absolute atomic E-state index is 0.0726. The van der Waals surface area contributed by atoms with Crippen LogP contribution >= 0.6 is 0 Å². The summed E-state index contributed by atoms with van der Waals surface area (Å²) in [5.41, 5.74) is 6.15. The first kappa shape index (κ1) is 10.7. The van der Waals surface area contributed by atoms with Gasteiger partial charge in [-0.05, 0) is 25.1 Å². The number of aromatic nitrogens is 1. The molecule has 1 amide bonds. The summed E-state index contributed by atoms with van der Waals surface area (Å²) in [6, 6.07) is 3.66. The van der Waals surface area contributed by atoms with Crippen LogP contribution in [0.5, 0.6) is 0 Å². The molecule has 4 nitrogen and oxygen atoms in total. The van der Waals surface area contributed by atoms with Crippen LogP contribution in [0.2, 0.25) is 0 Å². The Hall–Kier alpha value is -1.42. The lowest BCUT2D eigenvalue weighted by molar-refractivity contribution is -0.118. The highest BCUT2D eigenvalue weighted by Gasteiger charge is 2.09. The molecule has 0 spiro atoms. The van der Waals surface area contributed by atoms with Crippen molar-refractivity contribution in [3.63, 3.8) is 0 Å². The summed E-state index contributed by atoms with van der Waals surface area (Å²) < 4.78 is 0. The Morgan fingerprint density at radius 1 is 1.64 bits per heavy atom. The van der Waals surface area contributed by atoms with Crippen LogP contribution in [0.3, 0.4) is 0 Å². The largest absolute Gasteiger partial charge is 0.330 e. The van der Waals surface area contributed by atoms with Gasteiger partial charge in [-0.25, -0.2) is 0 Å². The number of hydrogen-bond acceptors (Lipinski definition) is 3. The lowest BCUT2D eigenvalue weighted by Crippen LogP contribution is -2.26. The number of anilines is 1. The minimum atomic E-state index is 0.0726. The summed E-state index contributed by atoms with van der Waals surface area (Å²) in [5, 5.41) is 0. The van der Waals surface area contributed by atoms with E-state index in [1.165, 1.54) is 0 Å². The van der Waals surface area contributed by atoms with Gasteiger partial charge in [0.2, 0.25) is 5.91 Å². The molecule has 0 unspecified atom stereocenters. The van der Waals surface area contributed by atoms with Gasteiger partial charge in [0.1, 0.15) is 0 Å². The first-order valence-electron chi connectivity index (χ1n) is 4.62. The molecule has 0 aliphatic heterocycles. The lowest BCUT2D eigenvalue weighted by Gasteiger charge is -2.16. The van der Waals surface area contributed by atoms with Gasteiger partial charge in [-0.2, -0.15) is 0 Å².